The van der Waals surface area contributed by atoms with Gasteiger partial charge in [-0.15, -0.1) is 0 Å². The van der Waals surface area contributed by atoms with Crippen molar-refractivity contribution in [1.29, 1.82) is 0 Å². The van der Waals surface area contributed by atoms with E-state index in [4.69, 9.17) is 0 Å². The molecule has 0 saturated heterocycles. The van der Waals surface area contributed by atoms with E-state index in [1.54, 1.807) is 0 Å². The molecule has 0 fully saturated rings. The predicted molar refractivity (Wildman–Crippen MR) is 91.5 cm³/mol. The summed E-state index contributed by atoms with van der Waals surface area (Å²) in [6.07, 6.45) is 4.41. The normalized spacial score (nSPS) is 13.6. The summed E-state index contributed by atoms with van der Waals surface area (Å²) in [6.45, 7) is 2.13. The second-order valence-corrected chi connectivity index (χ2v) is 5.91. The van der Waals surface area contributed by atoms with E-state index < -0.39 is 11.6 Å². The molecule has 2 aromatic rings. The van der Waals surface area contributed by atoms with Gasteiger partial charge in [-0.1, -0.05) is 37.6 Å². The molecule has 4 heteroatoms. The second kappa shape index (κ2) is 6.32. The Morgan fingerprint density at radius 1 is 0.875 bits per heavy atom. The van der Waals surface area contributed by atoms with Crippen molar-refractivity contribution in [2.45, 2.75) is 26.2 Å². The summed E-state index contributed by atoms with van der Waals surface area (Å²) in [7, 11) is 0. The SMILES string of the molecule is CCCCc1ccc(C2=CC(=O)c3c(O)ccc(O)c3C2=O)cc1. The van der Waals surface area contributed by atoms with Crippen molar-refractivity contribution in [2.24, 2.45) is 0 Å². The molecule has 0 bridgehead atoms. The highest BCUT2D eigenvalue weighted by Gasteiger charge is 2.31. The lowest BCUT2D eigenvalue weighted by molar-refractivity contribution is 0.0996. The molecule has 0 unspecified atom stereocenters. The van der Waals surface area contributed by atoms with Crippen LogP contribution in [0.1, 0.15) is 51.6 Å². The number of aryl methyl sites for hydroxylation is 1. The Balaban J connectivity index is 2.00. The van der Waals surface area contributed by atoms with Gasteiger partial charge >= 0.3 is 0 Å². The zero-order valence-electron chi connectivity index (χ0n) is 13.4. The number of benzene rings is 2. The number of phenolic OH excluding ortho intramolecular Hbond substituents is 2. The van der Waals surface area contributed by atoms with Crippen molar-refractivity contribution in [2.75, 3.05) is 0 Å². The van der Waals surface area contributed by atoms with E-state index in [9.17, 15) is 19.8 Å². The summed E-state index contributed by atoms with van der Waals surface area (Å²) < 4.78 is 0. The van der Waals surface area contributed by atoms with E-state index in [1.807, 2.05) is 24.3 Å². The molecule has 0 heterocycles. The summed E-state index contributed by atoms with van der Waals surface area (Å²) >= 11 is 0. The second-order valence-electron chi connectivity index (χ2n) is 5.91. The summed E-state index contributed by atoms with van der Waals surface area (Å²) in [5.41, 5.74) is 1.77. The molecule has 0 aliphatic heterocycles. The van der Waals surface area contributed by atoms with Crippen LogP contribution >= 0.6 is 0 Å². The summed E-state index contributed by atoms with van der Waals surface area (Å²) in [5.74, 6) is -1.54. The summed E-state index contributed by atoms with van der Waals surface area (Å²) in [6, 6.07) is 9.94. The van der Waals surface area contributed by atoms with Crippen LogP contribution in [0.5, 0.6) is 11.5 Å². The van der Waals surface area contributed by atoms with Gasteiger partial charge in [0.15, 0.2) is 11.6 Å². The number of ketones is 2. The average Bonchev–Trinajstić information content (AvgIpc) is 2.59. The molecule has 1 aliphatic rings. The number of hydrogen-bond acceptors (Lipinski definition) is 4. The van der Waals surface area contributed by atoms with Crippen molar-refractivity contribution in [3.63, 3.8) is 0 Å². The highest BCUT2D eigenvalue weighted by molar-refractivity contribution is 6.39. The summed E-state index contributed by atoms with van der Waals surface area (Å²) in [5, 5.41) is 19.8. The van der Waals surface area contributed by atoms with Gasteiger partial charge in [0.2, 0.25) is 0 Å². The maximum atomic E-state index is 12.7. The molecule has 0 atom stereocenters. The molecule has 0 aromatic heterocycles. The van der Waals surface area contributed by atoms with Crippen molar-refractivity contribution in [3.05, 3.63) is 64.7 Å². The first-order chi connectivity index (χ1) is 11.5. The van der Waals surface area contributed by atoms with Crippen LogP contribution in [0.15, 0.2) is 42.5 Å². The fourth-order valence-corrected chi connectivity index (χ4v) is 2.91. The number of allylic oxidation sites excluding steroid dienone is 2. The molecule has 2 aromatic carbocycles. The van der Waals surface area contributed by atoms with Crippen LogP contribution in [0, 0.1) is 0 Å². The fraction of sp³-hybridized carbons (Fsp3) is 0.200. The van der Waals surface area contributed by atoms with Gasteiger partial charge in [-0.2, -0.15) is 0 Å². The molecule has 2 N–H and O–H groups in total. The number of fused-ring (bicyclic) bond motifs is 1. The van der Waals surface area contributed by atoms with Gasteiger partial charge in [-0.05, 0) is 42.2 Å². The van der Waals surface area contributed by atoms with E-state index in [-0.39, 0.29) is 28.2 Å². The number of Topliss-reactive ketones (excluding diaryl/α,β-unsaturated/α-hetero) is 1. The van der Waals surface area contributed by atoms with Crippen molar-refractivity contribution < 1.29 is 19.8 Å². The summed E-state index contributed by atoms with van der Waals surface area (Å²) in [4.78, 5) is 25.0. The minimum absolute atomic E-state index is 0.132. The van der Waals surface area contributed by atoms with E-state index >= 15 is 0 Å². The largest absolute Gasteiger partial charge is 0.507 e. The van der Waals surface area contributed by atoms with Crippen LogP contribution in [0.3, 0.4) is 0 Å². The Morgan fingerprint density at radius 3 is 2.12 bits per heavy atom. The third-order valence-electron chi connectivity index (χ3n) is 4.24. The fourth-order valence-electron chi connectivity index (χ4n) is 2.91. The van der Waals surface area contributed by atoms with Crippen molar-refractivity contribution >= 4 is 17.1 Å². The Hall–Kier alpha value is -2.88. The van der Waals surface area contributed by atoms with Crippen molar-refractivity contribution in [1.82, 2.24) is 0 Å². The zero-order valence-corrected chi connectivity index (χ0v) is 13.4. The van der Waals surface area contributed by atoms with E-state index in [1.165, 1.54) is 23.8 Å². The van der Waals surface area contributed by atoms with Crippen LogP contribution in [0.4, 0.5) is 0 Å². The van der Waals surface area contributed by atoms with Gasteiger partial charge in [-0.3, -0.25) is 9.59 Å². The van der Waals surface area contributed by atoms with E-state index in [0.29, 0.717) is 5.56 Å². The average molecular weight is 322 g/mol. The number of carbonyl (C=O) groups is 2. The number of rotatable bonds is 4. The first kappa shape index (κ1) is 16.0. The molecule has 24 heavy (non-hydrogen) atoms. The monoisotopic (exact) mass is 322 g/mol. The molecule has 0 radical (unpaired) electrons. The van der Waals surface area contributed by atoms with Crippen LogP contribution in [-0.4, -0.2) is 21.8 Å². The minimum Gasteiger partial charge on any atom is -0.507 e. The van der Waals surface area contributed by atoms with Gasteiger partial charge in [0.05, 0.1) is 11.1 Å². The van der Waals surface area contributed by atoms with Crippen LogP contribution < -0.4 is 0 Å². The first-order valence-corrected chi connectivity index (χ1v) is 7.98. The first-order valence-electron chi connectivity index (χ1n) is 7.98. The standard InChI is InChI=1S/C20H18O4/c1-2-3-4-12-5-7-13(8-6-12)14-11-17(23)18-15(21)9-10-16(22)19(18)20(14)24/h5-11,21-22H,2-4H2,1H3. The molecule has 1 aliphatic carbocycles. The smallest absolute Gasteiger partial charge is 0.198 e. The maximum absolute atomic E-state index is 12.7. The zero-order chi connectivity index (χ0) is 17.3. The Kier molecular flexibility index (Phi) is 4.21. The van der Waals surface area contributed by atoms with Crippen LogP contribution in [-0.2, 0) is 6.42 Å². The van der Waals surface area contributed by atoms with E-state index in [0.717, 1.165) is 19.3 Å². The molecule has 0 amide bonds. The Morgan fingerprint density at radius 2 is 1.50 bits per heavy atom. The maximum Gasteiger partial charge on any atom is 0.198 e. The Bertz CT molecular complexity index is 845. The molecule has 3 rings (SSSR count). The molecule has 4 nitrogen and oxygen atoms in total. The topological polar surface area (TPSA) is 74.6 Å². The lowest BCUT2D eigenvalue weighted by Gasteiger charge is -2.17. The van der Waals surface area contributed by atoms with Gasteiger partial charge in [-0.25, -0.2) is 0 Å². The third kappa shape index (κ3) is 2.71. The molecular weight excluding hydrogens is 304 g/mol. The molecular formula is C20H18O4. The van der Waals surface area contributed by atoms with Crippen LogP contribution in [0.25, 0.3) is 5.57 Å². The van der Waals surface area contributed by atoms with Gasteiger partial charge in [0.1, 0.15) is 11.5 Å². The van der Waals surface area contributed by atoms with Gasteiger partial charge in [0.25, 0.3) is 0 Å². The van der Waals surface area contributed by atoms with E-state index in [2.05, 4.69) is 6.92 Å². The lowest BCUT2D eigenvalue weighted by atomic mass is 9.85. The minimum atomic E-state index is -0.483. The molecule has 0 spiro atoms. The lowest BCUT2D eigenvalue weighted by Crippen LogP contribution is -2.16. The van der Waals surface area contributed by atoms with Gasteiger partial charge < -0.3 is 10.2 Å². The highest BCUT2D eigenvalue weighted by Crippen LogP contribution is 2.37. The third-order valence-corrected chi connectivity index (χ3v) is 4.24. The van der Waals surface area contributed by atoms with Crippen molar-refractivity contribution in [3.8, 4) is 11.5 Å². The number of aromatic hydroxyl groups is 2. The number of hydrogen-bond donors (Lipinski definition) is 2. The molecule has 122 valence electrons. The Labute approximate surface area is 140 Å². The van der Waals surface area contributed by atoms with Gasteiger partial charge in [0, 0.05) is 5.57 Å². The quantitative estimate of drug-likeness (QED) is 0.837. The van der Waals surface area contributed by atoms with Crippen LogP contribution in [0.2, 0.25) is 0 Å². The number of carbonyl (C=O) groups excluding carboxylic acids is 2. The number of unbranched alkanes of at least 4 members (excludes halogenated alkanes) is 1. The predicted octanol–water partition coefficient (Wildman–Crippen LogP) is 3.90. The number of phenols is 2. The molecule has 0 saturated carbocycles. The highest BCUT2D eigenvalue weighted by atomic mass is 16.3.